The molecule has 0 aromatic heterocycles. The van der Waals surface area contributed by atoms with Crippen LogP contribution in [-0.4, -0.2) is 314 Å². The third-order valence-electron chi connectivity index (χ3n) is 11.3. The van der Waals surface area contributed by atoms with E-state index < -0.39 is 12.2 Å². The van der Waals surface area contributed by atoms with Crippen molar-refractivity contribution in [1.29, 1.82) is 0 Å². The molecule has 0 saturated heterocycles. The molecular formula is C62H115N4O25P. The van der Waals surface area contributed by atoms with E-state index in [9.17, 15) is 19.5 Å². The highest BCUT2D eigenvalue weighted by molar-refractivity contribution is 7.26. The highest BCUT2D eigenvalue weighted by Crippen LogP contribution is 2.18. The Bertz CT molecular complexity index is 1750. The number of methoxy groups -OCH3 is 5. The second-order valence-corrected chi connectivity index (χ2v) is 19.7. The first-order valence-corrected chi connectivity index (χ1v) is 31.9. The highest BCUT2D eigenvalue weighted by atomic mass is 31.1. The Kier molecular flexibility index (Phi) is 73.1. The lowest BCUT2D eigenvalue weighted by molar-refractivity contribution is -0.131. The minimum absolute atomic E-state index is 0.0120. The molecule has 3 atom stereocenters. The van der Waals surface area contributed by atoms with Gasteiger partial charge in [-0.05, 0) is 37.0 Å². The van der Waals surface area contributed by atoms with Gasteiger partial charge in [-0.3, -0.25) is 14.4 Å². The number of hydrogen-bond donors (Lipinski definition) is 4. The lowest BCUT2D eigenvalue weighted by Gasteiger charge is -2.18. The van der Waals surface area contributed by atoms with Crippen molar-refractivity contribution in [2.75, 3.05) is 260 Å². The maximum Gasteiger partial charge on any atom is 0.251 e. The molecule has 3 amide bonds. The van der Waals surface area contributed by atoms with Crippen LogP contribution in [0.25, 0.3) is 0 Å². The van der Waals surface area contributed by atoms with Gasteiger partial charge in [0, 0.05) is 67.7 Å². The zero-order valence-electron chi connectivity index (χ0n) is 56.1. The van der Waals surface area contributed by atoms with Crippen LogP contribution < -0.4 is 16.0 Å². The van der Waals surface area contributed by atoms with Gasteiger partial charge in [0.05, 0.1) is 204 Å². The van der Waals surface area contributed by atoms with Crippen molar-refractivity contribution in [1.82, 2.24) is 16.0 Å². The molecular weight excluding hydrogens is 1230 g/mol. The summed E-state index contributed by atoms with van der Waals surface area (Å²) in [6.45, 7) is 23.7. The summed E-state index contributed by atoms with van der Waals surface area (Å²) in [5, 5.41) is 21.3. The number of carbonyl (C=O) groups excluding carboxylic acids is 3. The van der Waals surface area contributed by atoms with Crippen molar-refractivity contribution in [3.8, 4) is 0 Å². The molecule has 0 saturated carbocycles. The molecule has 538 valence electrons. The van der Waals surface area contributed by atoms with E-state index in [1.165, 1.54) is 6.08 Å². The number of aliphatic hydroxyl groups excluding tert-OH is 1. The Morgan fingerprint density at radius 3 is 1.43 bits per heavy atom. The monoisotopic (exact) mass is 1350 g/mol. The average Bonchev–Trinajstić information content (AvgIpc) is 3.74. The normalized spacial score (nSPS) is 12.0. The fraction of sp³-hybridized carbons (Fsp3) is 0.774. The number of rotatable bonds is 67. The van der Waals surface area contributed by atoms with Crippen molar-refractivity contribution < 1.29 is 119 Å². The number of carbonyl (C=O) groups is 3. The summed E-state index contributed by atoms with van der Waals surface area (Å²) >= 11 is 0. The molecule has 1 rings (SSSR count). The van der Waals surface area contributed by atoms with Crippen LogP contribution in [0.4, 0.5) is 0 Å². The molecule has 1 aromatic carbocycles. The van der Waals surface area contributed by atoms with Crippen molar-refractivity contribution >= 4 is 33.0 Å². The van der Waals surface area contributed by atoms with Crippen molar-refractivity contribution in [3.63, 3.8) is 0 Å². The van der Waals surface area contributed by atoms with Crippen LogP contribution in [0.15, 0.2) is 54.7 Å². The molecule has 0 aliphatic carbocycles. The number of nitrogens with zero attached hydrogens (tertiary/aromatic N) is 1. The van der Waals surface area contributed by atoms with Crippen LogP contribution in [0.3, 0.4) is 0 Å². The summed E-state index contributed by atoms with van der Waals surface area (Å²) in [5.74, 6) is -0.681. The van der Waals surface area contributed by atoms with Gasteiger partial charge in [-0.1, -0.05) is 36.4 Å². The Hall–Kier alpha value is -3.83. The van der Waals surface area contributed by atoms with Crippen LogP contribution in [0, 0.1) is 0 Å². The highest BCUT2D eigenvalue weighted by Gasteiger charge is 2.15. The predicted molar refractivity (Wildman–Crippen MR) is 347 cm³/mol. The molecule has 3 unspecified atom stereocenters. The van der Waals surface area contributed by atoms with Gasteiger partial charge in [0.25, 0.3) is 5.91 Å². The number of amides is 3. The Labute approximate surface area is 549 Å². The summed E-state index contributed by atoms with van der Waals surface area (Å²) in [5.41, 5.74) is 1.37. The summed E-state index contributed by atoms with van der Waals surface area (Å²) in [7, 11) is 9.78. The van der Waals surface area contributed by atoms with Gasteiger partial charge >= 0.3 is 0 Å². The molecule has 0 heterocycles. The van der Waals surface area contributed by atoms with E-state index in [1.807, 2.05) is 0 Å². The number of ether oxygens (including phenoxy) is 18. The number of unbranched alkanes of at least 4 members (excludes halogenated alkanes) is 1. The first kappa shape index (κ1) is 90.2. The Balaban J connectivity index is 0. The standard InChI is InChI=1S/C32H50N4O10.C16H35O8P.C14H30O7/c1-4-15-42-23-29(24-44-20-18-41-17-19-43-22-28(37)5-2)45-25-31(39)35-14-12-30(38)34-13-6-7-16-46-36-21-26-8-10-27(11-9-26)32(40)33-3;1-4-5-23-25-24-16(14-21-12-10-19-8-6-17-2)15-22-13-11-20-9-7-18-3;1-15-4-6-18-8-10-20-12-14(17-3)13-21-11-9-19-7-5-16-2/h4-5,8-11,21,28-29,37H,1-2,6-7,12-20,22-25H2,3H3,(H,33,40)(H,34,38)(H,35,39);16,25H,4-15H2,1-3H3;14H,4-13H2,1-3H3/b36-21+;;. The van der Waals surface area contributed by atoms with E-state index in [0.717, 1.165) is 12.0 Å². The summed E-state index contributed by atoms with van der Waals surface area (Å²) < 4.78 is 106. The maximum absolute atomic E-state index is 12.2. The first-order valence-electron chi connectivity index (χ1n) is 31.1. The Morgan fingerprint density at radius 2 is 0.978 bits per heavy atom. The van der Waals surface area contributed by atoms with Crippen LogP contribution >= 0.6 is 9.03 Å². The number of hydrogen-bond acceptors (Lipinski definition) is 26. The van der Waals surface area contributed by atoms with Gasteiger partial charge in [0.1, 0.15) is 31.5 Å². The summed E-state index contributed by atoms with van der Waals surface area (Å²) in [6, 6.07) is 6.96. The number of aliphatic hydroxyl groups is 1. The second-order valence-electron chi connectivity index (χ2n) is 19.0. The van der Waals surface area contributed by atoms with E-state index >= 15 is 0 Å². The molecule has 4 N–H and O–H groups in total. The fourth-order valence-electron chi connectivity index (χ4n) is 6.29. The van der Waals surface area contributed by atoms with Crippen LogP contribution in [-0.2, 0) is 109 Å². The van der Waals surface area contributed by atoms with Gasteiger partial charge in [-0.15, -0.1) is 13.2 Å². The van der Waals surface area contributed by atoms with E-state index in [2.05, 4.69) is 41.2 Å². The quantitative estimate of drug-likeness (QED) is 0.0239. The maximum atomic E-state index is 12.2. The first-order chi connectivity index (χ1) is 45.1. The summed E-state index contributed by atoms with van der Waals surface area (Å²) in [6.07, 6.45) is 5.67. The minimum Gasteiger partial charge on any atom is -0.396 e. The molecule has 92 heavy (non-hydrogen) atoms. The van der Waals surface area contributed by atoms with Crippen LogP contribution in [0.2, 0.25) is 0 Å². The van der Waals surface area contributed by atoms with E-state index in [4.69, 9.17) is 99.1 Å². The molecule has 29 nitrogen and oxygen atoms in total. The average molecular weight is 1350 g/mol. The summed E-state index contributed by atoms with van der Waals surface area (Å²) in [4.78, 5) is 41.0. The fourth-order valence-corrected chi connectivity index (χ4v) is 6.92. The van der Waals surface area contributed by atoms with Gasteiger partial charge in [-0.25, -0.2) is 0 Å². The number of nitrogens with one attached hydrogen (secondary N) is 3. The van der Waals surface area contributed by atoms with E-state index in [-0.39, 0.29) is 78.4 Å². The molecule has 1 aromatic rings. The minimum atomic E-state index is -0.693. The third-order valence-corrected chi connectivity index (χ3v) is 12.0. The van der Waals surface area contributed by atoms with Crippen LogP contribution in [0.1, 0.15) is 48.5 Å². The van der Waals surface area contributed by atoms with Gasteiger partial charge in [0.15, 0.2) is 9.03 Å². The van der Waals surface area contributed by atoms with E-state index in [0.29, 0.717) is 203 Å². The Morgan fingerprint density at radius 1 is 0.533 bits per heavy atom. The predicted octanol–water partition coefficient (Wildman–Crippen LogP) is 3.01. The van der Waals surface area contributed by atoms with E-state index in [1.54, 1.807) is 79.2 Å². The van der Waals surface area contributed by atoms with Crippen LogP contribution in [0.5, 0.6) is 0 Å². The van der Waals surface area contributed by atoms with Gasteiger partial charge < -0.3 is 120 Å². The zero-order chi connectivity index (χ0) is 67.7. The molecule has 0 bridgehead atoms. The molecule has 30 heteroatoms. The lowest BCUT2D eigenvalue weighted by atomic mass is 10.1. The second kappa shape index (κ2) is 74.6. The molecule has 0 radical (unpaired) electrons. The molecule has 0 aliphatic rings. The third kappa shape index (κ3) is 66.2. The number of benzene rings is 1. The smallest absolute Gasteiger partial charge is 0.251 e. The molecule has 0 spiro atoms. The van der Waals surface area contributed by atoms with Gasteiger partial charge in [-0.2, -0.15) is 0 Å². The SMILES string of the molecule is C=CCOCC(COCCOCCOCC(O)C=C)OCC(=O)NCCC(=O)NCCCCO/N=C/c1ccc(C(=O)NC)cc1.CCCOPOC(COCCOCCOC)COCCOCCOC.COCCOCCOCC(COCCOCCOC)OC. The van der Waals surface area contributed by atoms with Gasteiger partial charge in [0.2, 0.25) is 11.8 Å². The number of oxime groups is 1. The molecule has 0 fully saturated rings. The van der Waals surface area contributed by atoms with Crippen molar-refractivity contribution in [2.24, 2.45) is 5.16 Å². The zero-order valence-corrected chi connectivity index (χ0v) is 57.1. The largest absolute Gasteiger partial charge is 0.396 e. The topological polar surface area (TPSA) is 314 Å². The van der Waals surface area contributed by atoms with Crippen molar-refractivity contribution in [2.45, 2.75) is 57.0 Å². The van der Waals surface area contributed by atoms with Crippen molar-refractivity contribution in [3.05, 3.63) is 60.7 Å². The lowest BCUT2D eigenvalue weighted by Crippen LogP contribution is -2.35. The molecule has 0 aliphatic heterocycles.